The van der Waals surface area contributed by atoms with Crippen molar-refractivity contribution in [2.75, 3.05) is 18.1 Å². The first kappa shape index (κ1) is 13.8. The minimum absolute atomic E-state index is 0.164. The molecule has 4 nitrogen and oxygen atoms in total. The second-order valence-electron chi connectivity index (χ2n) is 3.81. The number of unbranched alkanes of at least 4 members (excludes halogenated alkanes) is 1. The number of hydrogen-bond donors (Lipinski definition) is 1. The highest BCUT2D eigenvalue weighted by Gasteiger charge is 2.15. The first-order valence-corrected chi connectivity index (χ1v) is 7.41. The Bertz CT molecular complexity index is 469. The maximum Gasteiger partial charge on any atom is 0.178 e. The Balaban J connectivity index is 2.96. The summed E-state index contributed by atoms with van der Waals surface area (Å²) in [5, 5.41) is 0. The van der Waals surface area contributed by atoms with Crippen LogP contribution in [0.1, 0.15) is 26.7 Å². The van der Waals surface area contributed by atoms with Crippen molar-refractivity contribution in [1.82, 2.24) is 0 Å². The second kappa shape index (κ2) is 5.91. The van der Waals surface area contributed by atoms with E-state index in [1.54, 1.807) is 12.1 Å². The highest BCUT2D eigenvalue weighted by atomic mass is 32.2. The molecular weight excluding hydrogens is 238 g/mol. The third-order valence-electron chi connectivity index (χ3n) is 2.41. The van der Waals surface area contributed by atoms with Crippen LogP contribution in [0.3, 0.4) is 0 Å². The fourth-order valence-electron chi connectivity index (χ4n) is 1.46. The molecule has 0 amide bonds. The fraction of sp³-hybridized carbons (Fsp3) is 0.500. The lowest BCUT2D eigenvalue weighted by atomic mass is 10.3. The third kappa shape index (κ3) is 3.63. The van der Waals surface area contributed by atoms with Crippen LogP contribution in [0, 0.1) is 0 Å². The normalized spacial score (nSPS) is 11.4. The monoisotopic (exact) mass is 257 g/mol. The van der Waals surface area contributed by atoms with E-state index in [1.807, 2.05) is 13.8 Å². The van der Waals surface area contributed by atoms with Gasteiger partial charge < -0.3 is 10.5 Å². The summed E-state index contributed by atoms with van der Waals surface area (Å²) < 4.78 is 29.1. The Morgan fingerprint density at radius 3 is 2.53 bits per heavy atom. The Labute approximate surface area is 103 Å². The summed E-state index contributed by atoms with van der Waals surface area (Å²) >= 11 is 0. The minimum Gasteiger partial charge on any atom is -0.492 e. The van der Waals surface area contributed by atoms with Crippen LogP contribution in [0.25, 0.3) is 0 Å². The number of rotatable bonds is 6. The van der Waals surface area contributed by atoms with Crippen molar-refractivity contribution in [2.24, 2.45) is 0 Å². The Morgan fingerprint density at radius 2 is 2.00 bits per heavy atom. The van der Waals surface area contributed by atoms with Crippen LogP contribution < -0.4 is 10.5 Å². The van der Waals surface area contributed by atoms with Crippen LogP contribution in [0.15, 0.2) is 23.1 Å². The highest BCUT2D eigenvalue weighted by molar-refractivity contribution is 7.91. The SMILES string of the molecule is CCCCS(=O)(=O)c1ccc(OCC)c(N)c1. The van der Waals surface area contributed by atoms with Gasteiger partial charge in [-0.1, -0.05) is 13.3 Å². The summed E-state index contributed by atoms with van der Waals surface area (Å²) in [6.45, 7) is 4.32. The van der Waals surface area contributed by atoms with Crippen LogP contribution in [-0.2, 0) is 9.84 Å². The zero-order valence-electron chi connectivity index (χ0n) is 10.3. The van der Waals surface area contributed by atoms with Gasteiger partial charge >= 0.3 is 0 Å². The molecule has 0 aliphatic heterocycles. The van der Waals surface area contributed by atoms with Gasteiger partial charge in [-0.25, -0.2) is 8.42 Å². The maximum absolute atomic E-state index is 11.9. The number of benzene rings is 1. The molecule has 0 radical (unpaired) electrons. The smallest absolute Gasteiger partial charge is 0.178 e. The molecule has 0 unspecified atom stereocenters. The zero-order chi connectivity index (χ0) is 12.9. The van der Waals surface area contributed by atoms with Gasteiger partial charge in [-0.2, -0.15) is 0 Å². The van der Waals surface area contributed by atoms with E-state index in [4.69, 9.17) is 10.5 Å². The van der Waals surface area contributed by atoms with Gasteiger partial charge in [0.2, 0.25) is 0 Å². The minimum atomic E-state index is -3.21. The highest BCUT2D eigenvalue weighted by Crippen LogP contribution is 2.25. The summed E-state index contributed by atoms with van der Waals surface area (Å²) in [5.41, 5.74) is 6.11. The van der Waals surface area contributed by atoms with E-state index in [9.17, 15) is 8.42 Å². The molecule has 0 saturated heterocycles. The summed E-state index contributed by atoms with van der Waals surface area (Å²) in [5.74, 6) is 0.693. The van der Waals surface area contributed by atoms with Gasteiger partial charge in [-0.15, -0.1) is 0 Å². The molecular formula is C12H19NO3S. The molecule has 0 fully saturated rings. The first-order valence-electron chi connectivity index (χ1n) is 5.76. The molecule has 96 valence electrons. The molecule has 17 heavy (non-hydrogen) atoms. The molecule has 0 heterocycles. The summed E-state index contributed by atoms with van der Waals surface area (Å²) in [4.78, 5) is 0.270. The van der Waals surface area contributed by atoms with E-state index in [2.05, 4.69) is 0 Å². The predicted octanol–water partition coefficient (Wildman–Crippen LogP) is 2.24. The van der Waals surface area contributed by atoms with E-state index >= 15 is 0 Å². The van der Waals surface area contributed by atoms with Crippen LogP contribution in [0.5, 0.6) is 5.75 Å². The lowest BCUT2D eigenvalue weighted by Gasteiger charge is -2.09. The molecule has 1 aromatic rings. The molecule has 0 atom stereocenters. The van der Waals surface area contributed by atoms with Crippen molar-refractivity contribution in [3.63, 3.8) is 0 Å². The summed E-state index contributed by atoms with van der Waals surface area (Å²) in [7, 11) is -3.21. The van der Waals surface area contributed by atoms with Crippen molar-refractivity contribution in [3.05, 3.63) is 18.2 Å². The van der Waals surface area contributed by atoms with Crippen LogP contribution >= 0.6 is 0 Å². The lowest BCUT2D eigenvalue weighted by molar-refractivity contribution is 0.342. The fourth-order valence-corrected chi connectivity index (χ4v) is 2.95. The van der Waals surface area contributed by atoms with Crippen LogP contribution in [-0.4, -0.2) is 20.8 Å². The number of sulfone groups is 1. The standard InChI is InChI=1S/C12H19NO3S/c1-3-5-8-17(14,15)10-6-7-12(16-4-2)11(13)9-10/h6-7,9H,3-5,8,13H2,1-2H3. The van der Waals surface area contributed by atoms with Gasteiger partial charge in [0.15, 0.2) is 9.84 Å². The number of anilines is 1. The average molecular weight is 257 g/mol. The molecule has 5 heteroatoms. The van der Waals surface area contributed by atoms with Crippen molar-refractivity contribution in [2.45, 2.75) is 31.6 Å². The molecule has 0 aromatic heterocycles. The van der Waals surface area contributed by atoms with Gasteiger partial charge in [-0.3, -0.25) is 0 Å². The van der Waals surface area contributed by atoms with Gasteiger partial charge in [-0.05, 0) is 31.5 Å². The molecule has 1 rings (SSSR count). The molecule has 0 aliphatic carbocycles. The third-order valence-corrected chi connectivity index (χ3v) is 4.21. The van der Waals surface area contributed by atoms with Gasteiger partial charge in [0, 0.05) is 0 Å². The number of nitrogen functional groups attached to an aromatic ring is 1. The van der Waals surface area contributed by atoms with Crippen LogP contribution in [0.4, 0.5) is 5.69 Å². The Kier molecular flexibility index (Phi) is 4.81. The molecule has 1 aromatic carbocycles. The Morgan fingerprint density at radius 1 is 1.29 bits per heavy atom. The van der Waals surface area contributed by atoms with Crippen LogP contribution in [0.2, 0.25) is 0 Å². The van der Waals surface area contributed by atoms with Gasteiger partial charge in [0.1, 0.15) is 5.75 Å². The van der Waals surface area contributed by atoms with E-state index < -0.39 is 9.84 Å². The topological polar surface area (TPSA) is 69.4 Å². The second-order valence-corrected chi connectivity index (χ2v) is 5.91. The van der Waals surface area contributed by atoms with E-state index in [-0.39, 0.29) is 10.6 Å². The van der Waals surface area contributed by atoms with Gasteiger partial charge in [0.05, 0.1) is 22.9 Å². The van der Waals surface area contributed by atoms with E-state index in [0.717, 1.165) is 6.42 Å². The van der Waals surface area contributed by atoms with Crippen molar-refractivity contribution >= 4 is 15.5 Å². The van der Waals surface area contributed by atoms with Crippen molar-refractivity contribution in [3.8, 4) is 5.75 Å². The number of nitrogens with two attached hydrogens (primary N) is 1. The molecule has 0 aliphatic rings. The predicted molar refractivity (Wildman–Crippen MR) is 69.0 cm³/mol. The number of hydrogen-bond acceptors (Lipinski definition) is 4. The largest absolute Gasteiger partial charge is 0.492 e. The molecule has 0 spiro atoms. The Hall–Kier alpha value is -1.23. The molecule has 0 bridgehead atoms. The van der Waals surface area contributed by atoms with Gasteiger partial charge in [0.25, 0.3) is 0 Å². The van der Waals surface area contributed by atoms with E-state index in [0.29, 0.717) is 24.5 Å². The summed E-state index contributed by atoms with van der Waals surface area (Å²) in [6.07, 6.45) is 1.52. The van der Waals surface area contributed by atoms with Crippen molar-refractivity contribution in [1.29, 1.82) is 0 Å². The molecule has 0 saturated carbocycles. The average Bonchev–Trinajstić information content (AvgIpc) is 2.29. The maximum atomic E-state index is 11.9. The zero-order valence-corrected chi connectivity index (χ0v) is 11.1. The summed E-state index contributed by atoms with van der Waals surface area (Å²) in [6, 6.07) is 4.62. The quantitative estimate of drug-likeness (QED) is 0.793. The molecule has 2 N–H and O–H groups in total. The lowest BCUT2D eigenvalue weighted by Crippen LogP contribution is -2.07. The first-order chi connectivity index (χ1) is 8.01. The van der Waals surface area contributed by atoms with Crippen molar-refractivity contribution < 1.29 is 13.2 Å². The van der Waals surface area contributed by atoms with E-state index in [1.165, 1.54) is 6.07 Å². The number of ether oxygens (including phenoxy) is 1.